The average molecular weight is 258 g/mol. The SMILES string of the molecule is Cc1ccc(C(=O)N2CC3CCC(N)C3C2)c(C)c1. The quantitative estimate of drug-likeness (QED) is 0.838. The van der Waals surface area contributed by atoms with Gasteiger partial charge in [-0.25, -0.2) is 0 Å². The van der Waals surface area contributed by atoms with Crippen LogP contribution in [-0.4, -0.2) is 29.9 Å². The fraction of sp³-hybridized carbons (Fsp3) is 0.562. The maximum Gasteiger partial charge on any atom is 0.254 e. The second-order valence-electron chi connectivity index (χ2n) is 6.19. The van der Waals surface area contributed by atoms with Crippen LogP contribution in [0.2, 0.25) is 0 Å². The van der Waals surface area contributed by atoms with Gasteiger partial charge in [0.1, 0.15) is 0 Å². The summed E-state index contributed by atoms with van der Waals surface area (Å²) in [4.78, 5) is 14.6. The van der Waals surface area contributed by atoms with E-state index in [0.717, 1.165) is 30.6 Å². The highest BCUT2D eigenvalue weighted by Gasteiger charge is 2.42. The Labute approximate surface area is 114 Å². The van der Waals surface area contributed by atoms with Crippen molar-refractivity contribution < 1.29 is 4.79 Å². The first-order chi connectivity index (χ1) is 9.06. The molecule has 3 atom stereocenters. The number of fused-ring (bicyclic) bond motifs is 1. The molecule has 1 saturated heterocycles. The van der Waals surface area contributed by atoms with Gasteiger partial charge in [0.25, 0.3) is 5.91 Å². The third kappa shape index (κ3) is 2.16. The molecule has 3 unspecified atom stereocenters. The summed E-state index contributed by atoms with van der Waals surface area (Å²) in [6, 6.07) is 6.35. The van der Waals surface area contributed by atoms with Crippen LogP contribution in [0, 0.1) is 25.7 Å². The van der Waals surface area contributed by atoms with Crippen molar-refractivity contribution in [2.24, 2.45) is 17.6 Å². The van der Waals surface area contributed by atoms with Crippen molar-refractivity contribution in [2.45, 2.75) is 32.7 Å². The summed E-state index contributed by atoms with van der Waals surface area (Å²) in [5, 5.41) is 0. The molecule has 1 aliphatic carbocycles. The number of amides is 1. The Balaban J connectivity index is 1.78. The maximum atomic E-state index is 12.6. The van der Waals surface area contributed by atoms with Crippen LogP contribution in [0.5, 0.6) is 0 Å². The summed E-state index contributed by atoms with van der Waals surface area (Å²) in [5.41, 5.74) is 9.26. The number of hydrogen-bond acceptors (Lipinski definition) is 2. The third-order valence-corrected chi connectivity index (χ3v) is 4.81. The zero-order valence-corrected chi connectivity index (χ0v) is 11.7. The Kier molecular flexibility index (Phi) is 3.09. The van der Waals surface area contributed by atoms with E-state index in [4.69, 9.17) is 5.73 Å². The van der Waals surface area contributed by atoms with E-state index in [-0.39, 0.29) is 5.91 Å². The molecule has 3 heteroatoms. The predicted molar refractivity (Wildman–Crippen MR) is 76.0 cm³/mol. The van der Waals surface area contributed by atoms with Gasteiger partial charge in [0, 0.05) is 24.7 Å². The van der Waals surface area contributed by atoms with Crippen LogP contribution in [0.15, 0.2) is 18.2 Å². The van der Waals surface area contributed by atoms with Crippen LogP contribution in [-0.2, 0) is 0 Å². The highest BCUT2D eigenvalue weighted by Crippen LogP contribution is 2.37. The highest BCUT2D eigenvalue weighted by atomic mass is 16.2. The van der Waals surface area contributed by atoms with E-state index >= 15 is 0 Å². The second-order valence-corrected chi connectivity index (χ2v) is 6.19. The summed E-state index contributed by atoms with van der Waals surface area (Å²) in [7, 11) is 0. The summed E-state index contributed by atoms with van der Waals surface area (Å²) in [6.07, 6.45) is 2.31. The molecule has 0 bridgehead atoms. The molecule has 1 aromatic carbocycles. The van der Waals surface area contributed by atoms with Crippen LogP contribution in [0.4, 0.5) is 0 Å². The molecule has 1 amide bonds. The van der Waals surface area contributed by atoms with Gasteiger partial charge in [0.15, 0.2) is 0 Å². The van der Waals surface area contributed by atoms with Crippen LogP contribution in [0.1, 0.15) is 34.3 Å². The molecule has 0 aromatic heterocycles. The van der Waals surface area contributed by atoms with Gasteiger partial charge in [-0.3, -0.25) is 4.79 Å². The number of nitrogens with two attached hydrogens (primary N) is 1. The van der Waals surface area contributed by atoms with Crippen LogP contribution in [0.25, 0.3) is 0 Å². The normalized spacial score (nSPS) is 29.6. The van der Waals surface area contributed by atoms with Gasteiger partial charge in [-0.15, -0.1) is 0 Å². The molecule has 0 spiro atoms. The molecule has 2 fully saturated rings. The van der Waals surface area contributed by atoms with Crippen molar-refractivity contribution in [3.8, 4) is 0 Å². The molecule has 0 radical (unpaired) electrons. The number of likely N-dealkylation sites (tertiary alicyclic amines) is 1. The van der Waals surface area contributed by atoms with E-state index in [0.29, 0.717) is 17.9 Å². The van der Waals surface area contributed by atoms with Crippen molar-refractivity contribution in [3.05, 3.63) is 34.9 Å². The van der Waals surface area contributed by atoms with E-state index in [1.807, 2.05) is 24.0 Å². The lowest BCUT2D eigenvalue weighted by atomic mass is 9.98. The zero-order valence-electron chi connectivity index (χ0n) is 11.7. The first kappa shape index (κ1) is 12.7. The van der Waals surface area contributed by atoms with Gasteiger partial charge in [0.2, 0.25) is 0 Å². The van der Waals surface area contributed by atoms with Crippen LogP contribution >= 0.6 is 0 Å². The molecule has 1 aromatic rings. The van der Waals surface area contributed by atoms with Gasteiger partial charge in [-0.2, -0.15) is 0 Å². The molecule has 1 saturated carbocycles. The van der Waals surface area contributed by atoms with Crippen molar-refractivity contribution >= 4 is 5.91 Å². The molecule has 19 heavy (non-hydrogen) atoms. The molecule has 102 valence electrons. The molecule has 2 N–H and O–H groups in total. The van der Waals surface area contributed by atoms with E-state index in [1.54, 1.807) is 0 Å². The summed E-state index contributed by atoms with van der Waals surface area (Å²) in [6.45, 7) is 5.81. The van der Waals surface area contributed by atoms with E-state index in [9.17, 15) is 4.79 Å². The Morgan fingerprint density at radius 3 is 2.74 bits per heavy atom. The van der Waals surface area contributed by atoms with Crippen LogP contribution < -0.4 is 5.73 Å². The molecular formula is C16H22N2O. The monoisotopic (exact) mass is 258 g/mol. The average Bonchev–Trinajstić information content (AvgIpc) is 2.91. The van der Waals surface area contributed by atoms with E-state index in [1.165, 1.54) is 12.0 Å². The minimum Gasteiger partial charge on any atom is -0.338 e. The molecule has 2 aliphatic rings. The second kappa shape index (κ2) is 4.64. The summed E-state index contributed by atoms with van der Waals surface area (Å²) < 4.78 is 0. The topological polar surface area (TPSA) is 46.3 Å². The Hall–Kier alpha value is -1.35. The number of rotatable bonds is 1. The van der Waals surface area contributed by atoms with E-state index in [2.05, 4.69) is 13.0 Å². The first-order valence-electron chi connectivity index (χ1n) is 7.18. The van der Waals surface area contributed by atoms with Gasteiger partial charge >= 0.3 is 0 Å². The standard InChI is InChI=1S/C16H22N2O/c1-10-3-5-13(11(2)7-10)16(19)18-8-12-4-6-15(17)14(12)9-18/h3,5,7,12,14-15H,4,6,8-9,17H2,1-2H3. The minimum absolute atomic E-state index is 0.180. The summed E-state index contributed by atoms with van der Waals surface area (Å²) >= 11 is 0. The number of carbonyl (C=O) groups is 1. The van der Waals surface area contributed by atoms with Crippen molar-refractivity contribution in [1.82, 2.24) is 4.90 Å². The molecule has 1 heterocycles. The Bertz CT molecular complexity index is 511. The first-order valence-corrected chi connectivity index (χ1v) is 7.18. The number of benzene rings is 1. The van der Waals surface area contributed by atoms with Crippen molar-refractivity contribution in [3.63, 3.8) is 0 Å². The Morgan fingerprint density at radius 1 is 1.26 bits per heavy atom. The lowest BCUT2D eigenvalue weighted by molar-refractivity contribution is 0.0779. The number of hydrogen-bond donors (Lipinski definition) is 1. The van der Waals surface area contributed by atoms with Gasteiger partial charge in [-0.1, -0.05) is 17.7 Å². The Morgan fingerprint density at radius 2 is 2.05 bits per heavy atom. The van der Waals surface area contributed by atoms with Crippen LogP contribution in [0.3, 0.4) is 0 Å². The maximum absolute atomic E-state index is 12.6. The third-order valence-electron chi connectivity index (χ3n) is 4.81. The van der Waals surface area contributed by atoms with Gasteiger partial charge in [0.05, 0.1) is 0 Å². The highest BCUT2D eigenvalue weighted by molar-refractivity contribution is 5.95. The molecule has 3 nitrogen and oxygen atoms in total. The minimum atomic E-state index is 0.180. The molecular weight excluding hydrogens is 236 g/mol. The summed E-state index contributed by atoms with van der Waals surface area (Å²) in [5.74, 6) is 1.33. The molecule has 1 aliphatic heterocycles. The van der Waals surface area contributed by atoms with Crippen molar-refractivity contribution in [1.29, 1.82) is 0 Å². The van der Waals surface area contributed by atoms with Gasteiger partial charge in [-0.05, 0) is 50.2 Å². The largest absolute Gasteiger partial charge is 0.338 e. The number of carbonyl (C=O) groups excluding carboxylic acids is 1. The lowest BCUT2D eigenvalue weighted by Gasteiger charge is -2.20. The fourth-order valence-corrected chi connectivity index (χ4v) is 3.70. The smallest absolute Gasteiger partial charge is 0.254 e. The predicted octanol–water partition coefficient (Wildman–Crippen LogP) is 2.11. The van der Waals surface area contributed by atoms with Gasteiger partial charge < -0.3 is 10.6 Å². The number of nitrogens with zero attached hydrogens (tertiary/aromatic N) is 1. The van der Waals surface area contributed by atoms with Crippen molar-refractivity contribution in [2.75, 3.05) is 13.1 Å². The molecule has 3 rings (SSSR count). The fourth-order valence-electron chi connectivity index (χ4n) is 3.70. The number of aryl methyl sites for hydroxylation is 2. The van der Waals surface area contributed by atoms with E-state index < -0.39 is 0 Å². The zero-order chi connectivity index (χ0) is 13.6. The lowest BCUT2D eigenvalue weighted by Crippen LogP contribution is -2.33.